The molecule has 0 saturated heterocycles. The lowest BCUT2D eigenvalue weighted by Crippen LogP contribution is -2.40. The average molecular weight is 278 g/mol. The van der Waals surface area contributed by atoms with Crippen LogP contribution < -0.4 is 5.32 Å². The van der Waals surface area contributed by atoms with Gasteiger partial charge in [0.15, 0.2) is 11.6 Å². The normalized spacial score (nSPS) is 17.2. The predicted octanol–water partition coefficient (Wildman–Crippen LogP) is 3.17. The Morgan fingerprint density at radius 2 is 2.00 bits per heavy atom. The van der Waals surface area contributed by atoms with Crippen LogP contribution in [0.3, 0.4) is 0 Å². The molecule has 2 rings (SSSR count). The highest BCUT2D eigenvalue weighted by Gasteiger charge is 2.26. The lowest BCUT2D eigenvalue weighted by Gasteiger charge is -2.26. The van der Waals surface area contributed by atoms with Gasteiger partial charge in [0.25, 0.3) is 5.91 Å². The van der Waals surface area contributed by atoms with Crippen LogP contribution in [0.25, 0.3) is 0 Å². The molecule has 0 radical (unpaired) electrons. The molecule has 1 unspecified atom stereocenters. The zero-order valence-electron chi connectivity index (χ0n) is 11.0. The fourth-order valence-corrected chi connectivity index (χ4v) is 2.62. The fourth-order valence-electron chi connectivity index (χ4n) is 2.62. The summed E-state index contributed by atoms with van der Waals surface area (Å²) in [6.07, 6.45) is 4.97. The molecule has 1 aliphatic carbocycles. The first-order valence-electron chi connectivity index (χ1n) is 6.78. The number of benzene rings is 1. The molecule has 1 atom stereocenters. The number of amides is 1. The molecule has 0 aliphatic heterocycles. The Morgan fingerprint density at radius 1 is 1.30 bits per heavy atom. The van der Waals surface area contributed by atoms with Gasteiger partial charge >= 0.3 is 0 Å². The summed E-state index contributed by atoms with van der Waals surface area (Å²) in [4.78, 5) is 12.0. The van der Waals surface area contributed by atoms with Crippen LogP contribution in [0, 0.1) is 28.9 Å². The largest absolute Gasteiger partial charge is 0.336 e. The molecule has 1 saturated carbocycles. The zero-order valence-corrected chi connectivity index (χ0v) is 11.0. The van der Waals surface area contributed by atoms with Crippen molar-refractivity contribution >= 4 is 5.91 Å². The molecule has 1 aromatic carbocycles. The molecule has 1 aliphatic rings. The number of carbonyl (C=O) groups is 1. The monoisotopic (exact) mass is 278 g/mol. The lowest BCUT2D eigenvalue weighted by atomic mass is 9.84. The van der Waals surface area contributed by atoms with Crippen LogP contribution >= 0.6 is 0 Å². The van der Waals surface area contributed by atoms with Crippen LogP contribution in [0.1, 0.15) is 42.5 Å². The highest BCUT2D eigenvalue weighted by Crippen LogP contribution is 2.26. The van der Waals surface area contributed by atoms with Gasteiger partial charge in [0.05, 0.1) is 11.6 Å². The minimum absolute atomic E-state index is 0.0920. The Balaban J connectivity index is 2.09. The number of nitrogens with zero attached hydrogens (tertiary/aromatic N) is 1. The first-order chi connectivity index (χ1) is 9.63. The van der Waals surface area contributed by atoms with Gasteiger partial charge in [-0.3, -0.25) is 4.79 Å². The summed E-state index contributed by atoms with van der Waals surface area (Å²) in [5.74, 6) is -2.89. The number of halogens is 2. The molecule has 1 aromatic rings. The summed E-state index contributed by atoms with van der Waals surface area (Å²) < 4.78 is 26.6. The standard InChI is InChI=1S/C15H16F2N2O/c16-12-8-4-7-11(14(12)17)15(20)19-13(9-18)10-5-2-1-3-6-10/h4,7-8,10,13H,1-3,5-6H2,(H,19,20). The first kappa shape index (κ1) is 14.4. The summed E-state index contributed by atoms with van der Waals surface area (Å²) in [5, 5.41) is 11.7. The molecule has 0 heterocycles. The number of rotatable bonds is 3. The second-order valence-corrected chi connectivity index (χ2v) is 5.08. The van der Waals surface area contributed by atoms with E-state index in [0.717, 1.165) is 38.2 Å². The smallest absolute Gasteiger partial charge is 0.255 e. The molecular weight excluding hydrogens is 262 g/mol. The van der Waals surface area contributed by atoms with Crippen LogP contribution in [0.2, 0.25) is 0 Å². The van der Waals surface area contributed by atoms with E-state index >= 15 is 0 Å². The van der Waals surface area contributed by atoms with Crippen LogP contribution in [-0.2, 0) is 0 Å². The molecular formula is C15H16F2N2O. The van der Waals surface area contributed by atoms with Crippen molar-refractivity contribution in [2.45, 2.75) is 38.1 Å². The van der Waals surface area contributed by atoms with Crippen molar-refractivity contribution in [3.63, 3.8) is 0 Å². The highest BCUT2D eigenvalue weighted by atomic mass is 19.2. The minimum Gasteiger partial charge on any atom is -0.336 e. The van der Waals surface area contributed by atoms with E-state index in [4.69, 9.17) is 5.26 Å². The third-order valence-electron chi connectivity index (χ3n) is 3.74. The second-order valence-electron chi connectivity index (χ2n) is 5.08. The number of nitriles is 1. The van der Waals surface area contributed by atoms with Gasteiger partial charge in [-0.2, -0.15) is 5.26 Å². The molecule has 0 bridgehead atoms. The second kappa shape index (κ2) is 6.47. The van der Waals surface area contributed by atoms with Gasteiger partial charge in [0.2, 0.25) is 0 Å². The molecule has 5 heteroatoms. The van der Waals surface area contributed by atoms with E-state index in [2.05, 4.69) is 11.4 Å². The summed E-state index contributed by atoms with van der Waals surface area (Å²) in [7, 11) is 0. The van der Waals surface area contributed by atoms with Crippen molar-refractivity contribution in [3.05, 3.63) is 35.4 Å². The van der Waals surface area contributed by atoms with Crippen molar-refractivity contribution in [2.24, 2.45) is 5.92 Å². The Kier molecular flexibility index (Phi) is 4.67. The van der Waals surface area contributed by atoms with Crippen molar-refractivity contribution in [1.82, 2.24) is 5.32 Å². The number of hydrogen-bond acceptors (Lipinski definition) is 2. The molecule has 20 heavy (non-hydrogen) atoms. The molecule has 106 valence electrons. The number of hydrogen-bond donors (Lipinski definition) is 1. The predicted molar refractivity (Wildman–Crippen MR) is 69.8 cm³/mol. The van der Waals surface area contributed by atoms with Crippen molar-refractivity contribution < 1.29 is 13.6 Å². The fraction of sp³-hybridized carbons (Fsp3) is 0.467. The van der Waals surface area contributed by atoms with Crippen molar-refractivity contribution in [3.8, 4) is 6.07 Å². The third-order valence-corrected chi connectivity index (χ3v) is 3.74. The van der Waals surface area contributed by atoms with Gasteiger partial charge in [0.1, 0.15) is 6.04 Å². The molecule has 3 nitrogen and oxygen atoms in total. The van der Waals surface area contributed by atoms with Gasteiger partial charge < -0.3 is 5.32 Å². The quantitative estimate of drug-likeness (QED) is 0.923. The van der Waals surface area contributed by atoms with E-state index < -0.39 is 23.6 Å². The number of nitrogens with one attached hydrogen (secondary N) is 1. The van der Waals surface area contributed by atoms with Crippen LogP contribution in [0.15, 0.2) is 18.2 Å². The maximum atomic E-state index is 13.5. The molecule has 1 fully saturated rings. The van der Waals surface area contributed by atoms with E-state index in [9.17, 15) is 13.6 Å². The van der Waals surface area contributed by atoms with E-state index in [1.54, 1.807) is 0 Å². The van der Waals surface area contributed by atoms with Crippen molar-refractivity contribution in [1.29, 1.82) is 5.26 Å². The van der Waals surface area contributed by atoms with Gasteiger partial charge in [-0.05, 0) is 30.9 Å². The average Bonchev–Trinajstić information content (AvgIpc) is 2.48. The Morgan fingerprint density at radius 3 is 2.65 bits per heavy atom. The van der Waals surface area contributed by atoms with E-state index in [-0.39, 0.29) is 11.5 Å². The van der Waals surface area contributed by atoms with Gasteiger partial charge in [0, 0.05) is 0 Å². The highest BCUT2D eigenvalue weighted by molar-refractivity contribution is 5.94. The van der Waals surface area contributed by atoms with E-state index in [1.165, 1.54) is 12.1 Å². The van der Waals surface area contributed by atoms with E-state index in [1.807, 2.05) is 0 Å². The van der Waals surface area contributed by atoms with Gasteiger partial charge in [-0.25, -0.2) is 8.78 Å². The Hall–Kier alpha value is -1.96. The summed E-state index contributed by atoms with van der Waals surface area (Å²) in [6.45, 7) is 0. The van der Waals surface area contributed by atoms with Crippen molar-refractivity contribution in [2.75, 3.05) is 0 Å². The summed E-state index contributed by atoms with van der Waals surface area (Å²) in [5.41, 5.74) is -0.360. The van der Waals surface area contributed by atoms with Crippen LogP contribution in [-0.4, -0.2) is 11.9 Å². The van der Waals surface area contributed by atoms with Gasteiger partial charge in [-0.1, -0.05) is 25.3 Å². The summed E-state index contributed by atoms with van der Waals surface area (Å²) >= 11 is 0. The zero-order chi connectivity index (χ0) is 14.5. The topological polar surface area (TPSA) is 52.9 Å². The third kappa shape index (κ3) is 3.13. The summed E-state index contributed by atoms with van der Waals surface area (Å²) in [6, 6.07) is 4.85. The lowest BCUT2D eigenvalue weighted by molar-refractivity contribution is 0.0923. The molecule has 1 amide bonds. The first-order valence-corrected chi connectivity index (χ1v) is 6.78. The minimum atomic E-state index is -1.18. The SMILES string of the molecule is N#CC(NC(=O)c1cccc(F)c1F)C1CCCCC1. The maximum Gasteiger partial charge on any atom is 0.255 e. The molecule has 0 aromatic heterocycles. The Bertz CT molecular complexity index is 533. The molecule has 0 spiro atoms. The van der Waals surface area contributed by atoms with Crippen LogP contribution in [0.4, 0.5) is 8.78 Å². The van der Waals surface area contributed by atoms with E-state index in [0.29, 0.717) is 0 Å². The molecule has 1 N–H and O–H groups in total. The Labute approximate surface area is 116 Å². The van der Waals surface area contributed by atoms with Gasteiger partial charge in [-0.15, -0.1) is 0 Å². The maximum absolute atomic E-state index is 13.5. The van der Waals surface area contributed by atoms with Crippen LogP contribution in [0.5, 0.6) is 0 Å². The number of carbonyl (C=O) groups excluding carboxylic acids is 1.